The maximum absolute atomic E-state index is 13.9. The number of benzene rings is 3. The summed E-state index contributed by atoms with van der Waals surface area (Å²) in [6, 6.07) is 32.3. The molecule has 36 heavy (non-hydrogen) atoms. The van der Waals surface area contributed by atoms with Crippen molar-refractivity contribution in [3.8, 4) is 17.1 Å². The van der Waals surface area contributed by atoms with Gasteiger partial charge in [0.2, 0.25) is 0 Å². The van der Waals surface area contributed by atoms with E-state index in [1.807, 2.05) is 78.5 Å². The summed E-state index contributed by atoms with van der Waals surface area (Å²) in [6.45, 7) is 4.12. The van der Waals surface area contributed by atoms with E-state index in [0.717, 1.165) is 28.2 Å². The molecule has 0 aliphatic carbocycles. The second-order valence-corrected chi connectivity index (χ2v) is 9.25. The molecule has 0 saturated carbocycles. The van der Waals surface area contributed by atoms with Gasteiger partial charge in [-0.25, -0.2) is 4.68 Å². The molecular formula is C31H30N4O. The topological polar surface area (TPSA) is 51.9 Å². The number of aromatic nitrogens is 3. The van der Waals surface area contributed by atoms with Crippen LogP contribution in [0.2, 0.25) is 0 Å². The van der Waals surface area contributed by atoms with Crippen LogP contribution < -0.4 is 5.32 Å². The molecule has 0 saturated heterocycles. The molecule has 1 amide bonds. The number of rotatable bonds is 7. The number of carbonyl (C=O) groups is 1. The number of hydrogen-bond acceptors (Lipinski definition) is 2. The van der Waals surface area contributed by atoms with Gasteiger partial charge in [-0.15, -0.1) is 0 Å². The molecule has 0 aliphatic heterocycles. The summed E-state index contributed by atoms with van der Waals surface area (Å²) in [5, 5.41) is 8.20. The molecule has 1 N–H and O–H groups in total. The van der Waals surface area contributed by atoms with Gasteiger partial charge in [0.1, 0.15) is 11.4 Å². The fraction of sp³-hybridized carbons (Fsp3) is 0.161. The highest BCUT2D eigenvalue weighted by atomic mass is 16.2. The molecular weight excluding hydrogens is 444 g/mol. The largest absolute Gasteiger partial charge is 0.349 e. The van der Waals surface area contributed by atoms with Crippen molar-refractivity contribution in [3.05, 3.63) is 131 Å². The van der Waals surface area contributed by atoms with Crippen LogP contribution in [0.3, 0.4) is 0 Å². The maximum Gasteiger partial charge on any atom is 0.270 e. The average molecular weight is 475 g/mol. The van der Waals surface area contributed by atoms with E-state index in [0.29, 0.717) is 12.1 Å². The maximum atomic E-state index is 13.9. The molecule has 0 radical (unpaired) electrons. The Kier molecular flexibility index (Phi) is 6.54. The number of carbonyl (C=O) groups excluding carboxylic acids is 1. The van der Waals surface area contributed by atoms with E-state index >= 15 is 0 Å². The van der Waals surface area contributed by atoms with Crippen LogP contribution in [0.4, 0.5) is 0 Å². The monoisotopic (exact) mass is 474 g/mol. The Balaban J connectivity index is 1.55. The third-order valence-electron chi connectivity index (χ3n) is 6.52. The molecule has 2 heterocycles. The summed E-state index contributed by atoms with van der Waals surface area (Å²) in [6.07, 6.45) is 2.68. The van der Waals surface area contributed by atoms with Gasteiger partial charge in [-0.3, -0.25) is 4.79 Å². The highest BCUT2D eigenvalue weighted by Crippen LogP contribution is 2.25. The lowest BCUT2D eigenvalue weighted by atomic mass is 9.98. The van der Waals surface area contributed by atoms with Crippen LogP contribution >= 0.6 is 0 Å². The number of hydrogen-bond donors (Lipinski definition) is 1. The lowest BCUT2D eigenvalue weighted by Gasteiger charge is -2.20. The van der Waals surface area contributed by atoms with E-state index in [-0.39, 0.29) is 11.9 Å². The molecule has 3 aromatic carbocycles. The van der Waals surface area contributed by atoms with E-state index in [1.165, 1.54) is 11.1 Å². The Morgan fingerprint density at radius 2 is 1.61 bits per heavy atom. The predicted molar refractivity (Wildman–Crippen MR) is 144 cm³/mol. The van der Waals surface area contributed by atoms with Crippen molar-refractivity contribution < 1.29 is 4.79 Å². The van der Waals surface area contributed by atoms with Gasteiger partial charge in [0, 0.05) is 13.2 Å². The Bertz CT molecular complexity index is 1480. The van der Waals surface area contributed by atoms with Gasteiger partial charge in [0.15, 0.2) is 0 Å². The second-order valence-electron chi connectivity index (χ2n) is 9.25. The summed E-state index contributed by atoms with van der Waals surface area (Å²) in [7, 11) is 1.98. The minimum Gasteiger partial charge on any atom is -0.349 e. The first-order chi connectivity index (χ1) is 17.5. The third kappa shape index (κ3) is 4.86. The average Bonchev–Trinajstić information content (AvgIpc) is 3.51. The van der Waals surface area contributed by atoms with Gasteiger partial charge in [0.25, 0.3) is 5.91 Å². The standard InChI is InChI=1S/C31H30N4O/c1-22-16-17-28(23(2)19-22)35-30(21-27(33-35)29-15-10-18-34(29)3)31(36)32-26(25-13-8-5-9-14-25)20-24-11-6-4-7-12-24/h4-19,21,26H,20H2,1-3H3,(H,32,36). The first kappa shape index (κ1) is 23.4. The molecule has 5 heteroatoms. The van der Waals surface area contributed by atoms with Gasteiger partial charge in [-0.1, -0.05) is 78.4 Å². The van der Waals surface area contributed by atoms with Crippen LogP contribution in [-0.4, -0.2) is 20.3 Å². The van der Waals surface area contributed by atoms with Gasteiger partial charge in [0.05, 0.1) is 17.4 Å². The van der Waals surface area contributed by atoms with Crippen molar-refractivity contribution in [1.82, 2.24) is 19.7 Å². The van der Waals surface area contributed by atoms with Crippen molar-refractivity contribution in [2.75, 3.05) is 0 Å². The third-order valence-corrected chi connectivity index (χ3v) is 6.52. The van der Waals surface area contributed by atoms with Crippen molar-refractivity contribution in [3.63, 3.8) is 0 Å². The zero-order valence-electron chi connectivity index (χ0n) is 20.8. The Morgan fingerprint density at radius 1 is 0.889 bits per heavy atom. The fourth-order valence-corrected chi connectivity index (χ4v) is 4.64. The Morgan fingerprint density at radius 3 is 2.28 bits per heavy atom. The second kappa shape index (κ2) is 10.1. The van der Waals surface area contributed by atoms with Crippen LogP contribution in [0.25, 0.3) is 17.1 Å². The zero-order chi connectivity index (χ0) is 25.1. The minimum atomic E-state index is -0.179. The van der Waals surface area contributed by atoms with Crippen LogP contribution in [-0.2, 0) is 13.5 Å². The number of amides is 1. The molecule has 0 fully saturated rings. The highest BCUT2D eigenvalue weighted by molar-refractivity contribution is 5.94. The van der Waals surface area contributed by atoms with Crippen LogP contribution in [0.5, 0.6) is 0 Å². The van der Waals surface area contributed by atoms with Crippen LogP contribution in [0.1, 0.15) is 38.8 Å². The van der Waals surface area contributed by atoms with E-state index in [4.69, 9.17) is 5.10 Å². The van der Waals surface area contributed by atoms with Crippen LogP contribution in [0, 0.1) is 13.8 Å². The molecule has 5 aromatic rings. The molecule has 2 aromatic heterocycles. The van der Waals surface area contributed by atoms with Crippen molar-refractivity contribution in [2.45, 2.75) is 26.3 Å². The summed E-state index contributed by atoms with van der Waals surface area (Å²) in [5.74, 6) is -0.160. The first-order valence-electron chi connectivity index (χ1n) is 12.2. The molecule has 5 nitrogen and oxygen atoms in total. The highest BCUT2D eigenvalue weighted by Gasteiger charge is 2.23. The molecule has 0 aliphatic rings. The van der Waals surface area contributed by atoms with E-state index in [1.54, 1.807) is 4.68 Å². The van der Waals surface area contributed by atoms with Gasteiger partial charge in [-0.05, 0) is 61.2 Å². The van der Waals surface area contributed by atoms with Crippen LogP contribution in [0.15, 0.2) is 103 Å². The zero-order valence-corrected chi connectivity index (χ0v) is 20.8. The lowest BCUT2D eigenvalue weighted by Crippen LogP contribution is -2.31. The molecule has 0 bridgehead atoms. The number of nitrogens with one attached hydrogen (secondary N) is 1. The fourth-order valence-electron chi connectivity index (χ4n) is 4.64. The lowest BCUT2D eigenvalue weighted by molar-refractivity contribution is 0.0928. The minimum absolute atomic E-state index is 0.160. The van der Waals surface area contributed by atoms with Crippen molar-refractivity contribution in [1.29, 1.82) is 0 Å². The smallest absolute Gasteiger partial charge is 0.270 e. The van der Waals surface area contributed by atoms with Crippen molar-refractivity contribution >= 4 is 5.91 Å². The van der Waals surface area contributed by atoms with Crippen molar-refractivity contribution in [2.24, 2.45) is 7.05 Å². The number of nitrogens with zero attached hydrogens (tertiary/aromatic N) is 3. The summed E-state index contributed by atoms with van der Waals surface area (Å²) < 4.78 is 3.79. The first-order valence-corrected chi connectivity index (χ1v) is 12.2. The van der Waals surface area contributed by atoms with Gasteiger partial charge >= 0.3 is 0 Å². The molecule has 0 spiro atoms. The van der Waals surface area contributed by atoms with E-state index in [2.05, 4.69) is 55.6 Å². The summed E-state index contributed by atoms with van der Waals surface area (Å²) in [4.78, 5) is 13.9. The van der Waals surface area contributed by atoms with E-state index in [9.17, 15) is 4.79 Å². The summed E-state index contributed by atoms with van der Waals surface area (Å²) in [5.41, 5.74) is 7.58. The molecule has 1 unspecified atom stereocenters. The van der Waals surface area contributed by atoms with E-state index < -0.39 is 0 Å². The Labute approximate surface area is 212 Å². The SMILES string of the molecule is Cc1ccc(-n2nc(-c3cccn3C)cc2C(=O)NC(Cc2ccccc2)c2ccccc2)c(C)c1. The predicted octanol–water partition coefficient (Wildman–Crippen LogP) is 6.21. The van der Waals surface area contributed by atoms with Gasteiger partial charge < -0.3 is 9.88 Å². The number of aryl methyl sites for hydroxylation is 3. The molecule has 5 rings (SSSR count). The molecule has 180 valence electrons. The summed E-state index contributed by atoms with van der Waals surface area (Å²) >= 11 is 0. The van der Waals surface area contributed by atoms with Gasteiger partial charge in [-0.2, -0.15) is 5.10 Å². The quantitative estimate of drug-likeness (QED) is 0.305. The Hall–Kier alpha value is -4.38. The molecule has 1 atom stereocenters. The normalized spacial score (nSPS) is 11.9.